The third-order valence-corrected chi connectivity index (χ3v) is 4.28. The van der Waals surface area contributed by atoms with E-state index in [4.69, 9.17) is 0 Å². The van der Waals surface area contributed by atoms with Crippen molar-refractivity contribution in [2.75, 3.05) is 11.9 Å². The molecule has 0 aromatic heterocycles. The molecule has 2 unspecified atom stereocenters. The van der Waals surface area contributed by atoms with Crippen LogP contribution in [0.1, 0.15) is 30.4 Å². The molecular formula is C19H20F2N2O. The summed E-state index contributed by atoms with van der Waals surface area (Å²) in [6, 6.07) is 11.7. The zero-order valence-electron chi connectivity index (χ0n) is 13.5. The fourth-order valence-corrected chi connectivity index (χ4v) is 2.90. The second-order valence-electron chi connectivity index (χ2n) is 6.06. The smallest absolute Gasteiger partial charge is 0.228 e. The Kier molecular flexibility index (Phi) is 4.90. The number of anilines is 1. The molecule has 2 N–H and O–H groups in total. The highest BCUT2D eigenvalue weighted by Crippen LogP contribution is 2.49. The summed E-state index contributed by atoms with van der Waals surface area (Å²) in [5.74, 6) is -2.41. The van der Waals surface area contributed by atoms with E-state index >= 15 is 0 Å². The van der Waals surface area contributed by atoms with E-state index in [9.17, 15) is 13.6 Å². The van der Waals surface area contributed by atoms with Crippen molar-refractivity contribution < 1.29 is 13.6 Å². The zero-order chi connectivity index (χ0) is 17.1. The Morgan fingerprint density at radius 2 is 2.00 bits per heavy atom. The van der Waals surface area contributed by atoms with Crippen LogP contribution in [0.25, 0.3) is 0 Å². The van der Waals surface area contributed by atoms with Gasteiger partial charge in [0.05, 0.1) is 0 Å². The summed E-state index contributed by atoms with van der Waals surface area (Å²) in [5.41, 5.74) is 2.09. The molecule has 3 nitrogen and oxygen atoms in total. The first-order valence-electron chi connectivity index (χ1n) is 8.14. The number of carbonyl (C=O) groups excluding carboxylic acids is 1. The Labute approximate surface area is 140 Å². The Bertz CT molecular complexity index is 748. The van der Waals surface area contributed by atoms with Crippen molar-refractivity contribution in [2.24, 2.45) is 5.92 Å². The molecule has 0 radical (unpaired) electrons. The number of hydrogen-bond donors (Lipinski definition) is 2. The highest BCUT2D eigenvalue weighted by molar-refractivity contribution is 5.95. The molecule has 2 aromatic rings. The van der Waals surface area contributed by atoms with E-state index in [1.165, 1.54) is 6.07 Å². The van der Waals surface area contributed by atoms with Crippen molar-refractivity contribution in [3.63, 3.8) is 0 Å². The van der Waals surface area contributed by atoms with Gasteiger partial charge in [-0.25, -0.2) is 8.78 Å². The average molecular weight is 330 g/mol. The van der Waals surface area contributed by atoms with Crippen LogP contribution in [0.3, 0.4) is 0 Å². The second-order valence-corrected chi connectivity index (χ2v) is 6.06. The van der Waals surface area contributed by atoms with Crippen molar-refractivity contribution >= 4 is 11.6 Å². The maximum atomic E-state index is 13.8. The quantitative estimate of drug-likeness (QED) is 0.845. The molecule has 0 heterocycles. The largest absolute Gasteiger partial charge is 0.326 e. The monoisotopic (exact) mass is 330 g/mol. The first-order chi connectivity index (χ1) is 11.6. The number of nitrogens with one attached hydrogen (secondary N) is 2. The minimum Gasteiger partial charge on any atom is -0.326 e. The van der Waals surface area contributed by atoms with E-state index in [2.05, 4.69) is 10.6 Å². The SMILES string of the molecule is CCNCc1cccc(NC(=O)C2CC2c2cccc(F)c2F)c1. The molecule has 3 rings (SSSR count). The Morgan fingerprint density at radius 3 is 2.79 bits per heavy atom. The van der Waals surface area contributed by atoms with Crippen LogP contribution >= 0.6 is 0 Å². The molecule has 24 heavy (non-hydrogen) atoms. The summed E-state index contributed by atoms with van der Waals surface area (Å²) in [5, 5.41) is 6.10. The van der Waals surface area contributed by atoms with Gasteiger partial charge in [0.2, 0.25) is 5.91 Å². The fourth-order valence-electron chi connectivity index (χ4n) is 2.90. The van der Waals surface area contributed by atoms with E-state index in [0.717, 1.165) is 30.4 Å². The van der Waals surface area contributed by atoms with Crippen LogP contribution in [-0.2, 0) is 11.3 Å². The van der Waals surface area contributed by atoms with Gasteiger partial charge in [0.25, 0.3) is 0 Å². The lowest BCUT2D eigenvalue weighted by Crippen LogP contribution is -2.16. The summed E-state index contributed by atoms with van der Waals surface area (Å²) >= 11 is 0. The van der Waals surface area contributed by atoms with Gasteiger partial charge in [-0.2, -0.15) is 0 Å². The van der Waals surface area contributed by atoms with Crippen molar-refractivity contribution in [3.05, 3.63) is 65.2 Å². The molecule has 126 valence electrons. The van der Waals surface area contributed by atoms with E-state index in [-0.39, 0.29) is 23.3 Å². The third kappa shape index (κ3) is 3.62. The van der Waals surface area contributed by atoms with Gasteiger partial charge in [-0.05, 0) is 48.2 Å². The molecule has 5 heteroatoms. The molecule has 1 aliphatic rings. The molecule has 0 aliphatic heterocycles. The highest BCUT2D eigenvalue weighted by atomic mass is 19.2. The van der Waals surface area contributed by atoms with Crippen LogP contribution in [0.2, 0.25) is 0 Å². The lowest BCUT2D eigenvalue weighted by atomic mass is 10.1. The van der Waals surface area contributed by atoms with Crippen LogP contribution in [0.5, 0.6) is 0 Å². The second kappa shape index (κ2) is 7.09. The van der Waals surface area contributed by atoms with Crippen molar-refractivity contribution in [2.45, 2.75) is 25.8 Å². The predicted octanol–water partition coefficient (Wildman–Crippen LogP) is 3.82. The van der Waals surface area contributed by atoms with E-state index in [0.29, 0.717) is 6.42 Å². The normalized spacial score (nSPS) is 19.1. The average Bonchev–Trinajstić information content (AvgIpc) is 3.36. The van der Waals surface area contributed by atoms with Crippen LogP contribution < -0.4 is 10.6 Å². The first-order valence-corrected chi connectivity index (χ1v) is 8.14. The number of hydrogen-bond acceptors (Lipinski definition) is 2. The first kappa shape index (κ1) is 16.6. The van der Waals surface area contributed by atoms with Gasteiger partial charge in [-0.15, -0.1) is 0 Å². The van der Waals surface area contributed by atoms with Crippen LogP contribution in [-0.4, -0.2) is 12.5 Å². The summed E-state index contributed by atoms with van der Waals surface area (Å²) in [7, 11) is 0. The number of halogens is 2. The standard InChI is InChI=1S/C19H20F2N2O/c1-2-22-11-12-5-3-6-13(9-12)23-19(24)16-10-15(16)14-7-4-8-17(20)18(14)21/h3-9,15-16,22H,2,10-11H2,1H3,(H,23,24). The number of carbonyl (C=O) groups is 1. The predicted molar refractivity (Wildman–Crippen MR) is 89.7 cm³/mol. The van der Waals surface area contributed by atoms with Crippen LogP contribution in [0.4, 0.5) is 14.5 Å². The fraction of sp³-hybridized carbons (Fsp3) is 0.316. The van der Waals surface area contributed by atoms with Gasteiger partial charge in [0, 0.05) is 18.2 Å². The maximum Gasteiger partial charge on any atom is 0.228 e. The molecule has 1 saturated carbocycles. The van der Waals surface area contributed by atoms with Crippen molar-refractivity contribution in [1.82, 2.24) is 5.32 Å². The molecule has 1 amide bonds. The molecule has 1 aliphatic carbocycles. The number of amides is 1. The molecule has 0 bridgehead atoms. The topological polar surface area (TPSA) is 41.1 Å². The van der Waals surface area contributed by atoms with E-state index in [1.54, 1.807) is 6.07 Å². The Morgan fingerprint density at radius 1 is 1.21 bits per heavy atom. The van der Waals surface area contributed by atoms with Crippen molar-refractivity contribution in [1.29, 1.82) is 0 Å². The van der Waals surface area contributed by atoms with Gasteiger partial charge in [0.1, 0.15) is 0 Å². The number of benzene rings is 2. The van der Waals surface area contributed by atoms with Gasteiger partial charge in [-0.3, -0.25) is 4.79 Å². The molecule has 0 spiro atoms. The third-order valence-electron chi connectivity index (χ3n) is 4.28. The summed E-state index contributed by atoms with van der Waals surface area (Å²) < 4.78 is 27.1. The van der Waals surface area contributed by atoms with Gasteiger partial charge >= 0.3 is 0 Å². The van der Waals surface area contributed by atoms with Gasteiger partial charge in [-0.1, -0.05) is 31.2 Å². The summed E-state index contributed by atoms with van der Waals surface area (Å²) in [6.07, 6.45) is 0.545. The molecular weight excluding hydrogens is 310 g/mol. The minimum atomic E-state index is -0.866. The van der Waals surface area contributed by atoms with Crippen LogP contribution in [0.15, 0.2) is 42.5 Å². The Balaban J connectivity index is 1.64. The molecule has 1 fully saturated rings. The van der Waals surface area contributed by atoms with Crippen molar-refractivity contribution in [3.8, 4) is 0 Å². The lowest BCUT2D eigenvalue weighted by Gasteiger charge is -2.08. The molecule has 0 saturated heterocycles. The summed E-state index contributed by atoms with van der Waals surface area (Å²) in [6.45, 7) is 3.64. The van der Waals surface area contributed by atoms with Gasteiger partial charge < -0.3 is 10.6 Å². The highest BCUT2D eigenvalue weighted by Gasteiger charge is 2.45. The van der Waals surface area contributed by atoms with Crippen LogP contribution in [0, 0.1) is 17.6 Å². The maximum absolute atomic E-state index is 13.8. The zero-order valence-corrected chi connectivity index (χ0v) is 13.5. The van der Waals surface area contributed by atoms with E-state index in [1.807, 2.05) is 31.2 Å². The lowest BCUT2D eigenvalue weighted by molar-refractivity contribution is -0.117. The van der Waals surface area contributed by atoms with E-state index < -0.39 is 11.6 Å². The molecule has 2 atom stereocenters. The van der Waals surface area contributed by atoms with Gasteiger partial charge in [0.15, 0.2) is 11.6 Å². The minimum absolute atomic E-state index is 0.149. The number of rotatable bonds is 6. The Hall–Kier alpha value is -2.27. The summed E-state index contributed by atoms with van der Waals surface area (Å²) in [4.78, 5) is 12.3. The molecule has 2 aromatic carbocycles.